The highest BCUT2D eigenvalue weighted by Crippen LogP contribution is 2.38. The van der Waals surface area contributed by atoms with Crippen LogP contribution in [0.25, 0.3) is 0 Å². The summed E-state index contributed by atoms with van der Waals surface area (Å²) in [6, 6.07) is 1.42. The predicted molar refractivity (Wildman–Crippen MR) is 151 cm³/mol. The van der Waals surface area contributed by atoms with E-state index < -0.39 is 16.0 Å². The zero-order valence-corrected chi connectivity index (χ0v) is 24.9. The Morgan fingerprint density at radius 1 is 1.13 bits per heavy atom. The highest BCUT2D eigenvalue weighted by Gasteiger charge is 2.39. The van der Waals surface area contributed by atoms with E-state index in [0.717, 1.165) is 37.0 Å². The molecule has 0 radical (unpaired) electrons. The molecule has 9 nitrogen and oxygen atoms in total. The van der Waals surface area contributed by atoms with Crippen molar-refractivity contribution in [2.75, 3.05) is 18.0 Å². The van der Waals surface area contributed by atoms with Gasteiger partial charge < -0.3 is 10.0 Å². The standard InChI is InChI=1S/C28H38N4O5S2/c1-19-6-8-20(9-7-19)26(33)32(24-16-22(10-13-28(2,3)4)38-25(24)27(34)35)21-11-14-31(15-12-21)39(36,37)23-17-29-30(5)18-23/h16-21H,6-9,11-12,14-15H2,1-5H3,(H,34,35). The van der Waals surface area contributed by atoms with Gasteiger partial charge in [0.1, 0.15) is 9.77 Å². The molecular formula is C28H38N4O5S2. The summed E-state index contributed by atoms with van der Waals surface area (Å²) in [7, 11) is -2.04. The third kappa shape index (κ3) is 6.73. The number of hydrogen-bond donors (Lipinski definition) is 1. The lowest BCUT2D eigenvalue weighted by Crippen LogP contribution is -2.51. The van der Waals surface area contributed by atoms with Gasteiger partial charge in [-0.2, -0.15) is 9.40 Å². The number of carboxylic acids is 1. The zero-order valence-electron chi connectivity index (χ0n) is 23.3. The fourth-order valence-corrected chi connectivity index (χ4v) is 7.54. The Bertz CT molecular complexity index is 1380. The summed E-state index contributed by atoms with van der Waals surface area (Å²) < 4.78 is 29.2. The largest absolute Gasteiger partial charge is 0.477 e. The maximum Gasteiger partial charge on any atom is 0.348 e. The molecule has 1 saturated carbocycles. The van der Waals surface area contributed by atoms with Crippen LogP contribution in [0, 0.1) is 29.1 Å². The van der Waals surface area contributed by atoms with Crippen molar-refractivity contribution in [2.45, 2.75) is 77.2 Å². The van der Waals surface area contributed by atoms with Crippen LogP contribution >= 0.6 is 11.3 Å². The highest BCUT2D eigenvalue weighted by atomic mass is 32.2. The molecule has 2 aromatic heterocycles. The van der Waals surface area contributed by atoms with Gasteiger partial charge in [-0.1, -0.05) is 18.8 Å². The minimum Gasteiger partial charge on any atom is -0.477 e. The number of aromatic nitrogens is 2. The molecule has 1 saturated heterocycles. The molecule has 2 fully saturated rings. The molecule has 4 rings (SSSR count). The molecule has 1 N–H and O–H groups in total. The van der Waals surface area contributed by atoms with Crippen molar-refractivity contribution < 1.29 is 23.1 Å². The number of rotatable bonds is 6. The van der Waals surface area contributed by atoms with Crippen molar-refractivity contribution in [1.29, 1.82) is 0 Å². The molecule has 1 amide bonds. The van der Waals surface area contributed by atoms with E-state index in [1.54, 1.807) is 18.0 Å². The lowest BCUT2D eigenvalue weighted by Gasteiger charge is -2.40. The van der Waals surface area contributed by atoms with Crippen molar-refractivity contribution in [2.24, 2.45) is 24.3 Å². The molecule has 39 heavy (non-hydrogen) atoms. The topological polar surface area (TPSA) is 113 Å². The molecule has 0 bridgehead atoms. The van der Waals surface area contributed by atoms with Gasteiger partial charge in [0.2, 0.25) is 15.9 Å². The average molecular weight is 575 g/mol. The monoisotopic (exact) mass is 574 g/mol. The first kappa shape index (κ1) is 29.3. The fraction of sp³-hybridized carbons (Fsp3) is 0.607. The molecule has 0 aromatic carbocycles. The molecule has 0 unspecified atom stereocenters. The molecule has 1 aliphatic carbocycles. The van der Waals surface area contributed by atoms with E-state index >= 15 is 0 Å². The van der Waals surface area contributed by atoms with Crippen molar-refractivity contribution >= 4 is 38.9 Å². The first-order chi connectivity index (χ1) is 18.3. The summed E-state index contributed by atoms with van der Waals surface area (Å²) in [6.07, 6.45) is 7.10. The number of sulfonamides is 1. The molecule has 1 aliphatic heterocycles. The Balaban J connectivity index is 1.66. The van der Waals surface area contributed by atoms with E-state index in [4.69, 9.17) is 0 Å². The van der Waals surface area contributed by atoms with Crippen LogP contribution in [-0.2, 0) is 21.9 Å². The van der Waals surface area contributed by atoms with Gasteiger partial charge in [-0.3, -0.25) is 9.48 Å². The van der Waals surface area contributed by atoms with Crippen LogP contribution in [0.4, 0.5) is 5.69 Å². The number of aryl methyl sites for hydroxylation is 1. The summed E-state index contributed by atoms with van der Waals surface area (Å²) >= 11 is 1.09. The van der Waals surface area contributed by atoms with Gasteiger partial charge in [-0.15, -0.1) is 11.3 Å². The Hall–Kier alpha value is -2.68. The maximum absolute atomic E-state index is 14.1. The smallest absolute Gasteiger partial charge is 0.348 e. The van der Waals surface area contributed by atoms with Crippen molar-refractivity contribution in [3.8, 4) is 11.8 Å². The first-order valence-corrected chi connectivity index (χ1v) is 15.7. The Labute approximate surface area is 235 Å². The van der Waals surface area contributed by atoms with E-state index in [1.165, 1.54) is 21.4 Å². The number of nitrogens with zero attached hydrogens (tertiary/aromatic N) is 4. The van der Waals surface area contributed by atoms with Crippen LogP contribution in [0.2, 0.25) is 0 Å². The average Bonchev–Trinajstić information content (AvgIpc) is 3.50. The van der Waals surface area contributed by atoms with Gasteiger partial charge >= 0.3 is 5.97 Å². The minimum absolute atomic E-state index is 0.0638. The number of anilines is 1. The van der Waals surface area contributed by atoms with Crippen LogP contribution in [-0.4, -0.2) is 58.6 Å². The number of aromatic carboxylic acids is 1. The third-order valence-corrected chi connectivity index (χ3v) is 10.3. The summed E-state index contributed by atoms with van der Waals surface area (Å²) in [5.41, 5.74) is 0.122. The van der Waals surface area contributed by atoms with Crippen molar-refractivity contribution in [3.63, 3.8) is 0 Å². The first-order valence-electron chi connectivity index (χ1n) is 13.5. The fourth-order valence-electron chi connectivity index (χ4n) is 5.25. The van der Waals surface area contributed by atoms with Crippen LogP contribution in [0.3, 0.4) is 0 Å². The zero-order chi connectivity index (χ0) is 28.5. The summed E-state index contributed by atoms with van der Waals surface area (Å²) in [5.74, 6) is 5.49. The molecule has 3 heterocycles. The summed E-state index contributed by atoms with van der Waals surface area (Å²) in [4.78, 5) is 28.9. The van der Waals surface area contributed by atoms with Gasteiger partial charge in [-0.25, -0.2) is 13.2 Å². The molecule has 2 aromatic rings. The second-order valence-electron chi connectivity index (χ2n) is 11.8. The lowest BCUT2D eigenvalue weighted by molar-refractivity contribution is -0.124. The quantitative estimate of drug-likeness (QED) is 0.505. The molecule has 0 atom stereocenters. The second-order valence-corrected chi connectivity index (χ2v) is 14.8. The van der Waals surface area contributed by atoms with E-state index in [1.807, 2.05) is 20.8 Å². The van der Waals surface area contributed by atoms with E-state index in [9.17, 15) is 23.1 Å². The van der Waals surface area contributed by atoms with Gasteiger partial charge in [-0.05, 0) is 71.3 Å². The van der Waals surface area contributed by atoms with E-state index in [-0.39, 0.29) is 46.1 Å². The normalized spacial score (nSPS) is 21.3. The van der Waals surface area contributed by atoms with Gasteiger partial charge in [0.25, 0.3) is 0 Å². The number of thiophene rings is 1. The number of piperidine rings is 1. The third-order valence-electron chi connectivity index (χ3n) is 7.44. The summed E-state index contributed by atoms with van der Waals surface area (Å²) in [5, 5.41) is 14.1. The van der Waals surface area contributed by atoms with Crippen LogP contribution < -0.4 is 4.90 Å². The Morgan fingerprint density at radius 3 is 2.31 bits per heavy atom. The molecule has 212 valence electrons. The van der Waals surface area contributed by atoms with Crippen LogP contribution in [0.15, 0.2) is 23.4 Å². The van der Waals surface area contributed by atoms with Crippen molar-refractivity contribution in [1.82, 2.24) is 14.1 Å². The maximum atomic E-state index is 14.1. The van der Waals surface area contributed by atoms with E-state index in [2.05, 4.69) is 23.9 Å². The van der Waals surface area contributed by atoms with Gasteiger partial charge in [0.05, 0.1) is 16.8 Å². The minimum atomic E-state index is -3.70. The Morgan fingerprint density at radius 2 is 1.77 bits per heavy atom. The Kier molecular flexibility index (Phi) is 8.59. The molecule has 2 aliphatic rings. The van der Waals surface area contributed by atoms with Crippen LogP contribution in [0.5, 0.6) is 0 Å². The van der Waals surface area contributed by atoms with Gasteiger partial charge in [0, 0.05) is 43.7 Å². The molecule has 11 heteroatoms. The van der Waals surface area contributed by atoms with E-state index in [0.29, 0.717) is 29.3 Å². The number of carboxylic acid groups (broad SMARTS) is 1. The highest BCUT2D eigenvalue weighted by molar-refractivity contribution is 7.89. The second kappa shape index (κ2) is 11.4. The lowest BCUT2D eigenvalue weighted by atomic mass is 9.82. The van der Waals surface area contributed by atoms with Crippen LogP contribution in [0.1, 0.15) is 80.8 Å². The van der Waals surface area contributed by atoms with Gasteiger partial charge in [0.15, 0.2) is 0 Å². The SMILES string of the molecule is CC1CCC(C(=O)N(c2cc(C#CC(C)(C)C)sc2C(=O)O)C2CCN(S(=O)(=O)c3cnn(C)c3)CC2)CC1. The molecule has 0 spiro atoms. The molecular weight excluding hydrogens is 536 g/mol. The van der Waals surface area contributed by atoms with Crippen molar-refractivity contribution in [3.05, 3.63) is 28.2 Å². The number of carbonyl (C=O) groups is 2. The summed E-state index contributed by atoms with van der Waals surface area (Å²) in [6.45, 7) is 8.62. The number of amides is 1. The number of carbonyl (C=O) groups excluding carboxylic acids is 1. The predicted octanol–water partition coefficient (Wildman–Crippen LogP) is 4.59. The number of hydrogen-bond acceptors (Lipinski definition) is 6.